The molecule has 0 bridgehead atoms. The number of benzene rings is 1. The van der Waals surface area contributed by atoms with Crippen LogP contribution in [0.25, 0.3) is 11.5 Å². The number of rotatable bonds is 2. The van der Waals surface area contributed by atoms with E-state index in [0.717, 1.165) is 12.1 Å². The second-order valence-corrected chi connectivity index (χ2v) is 3.79. The highest BCUT2D eigenvalue weighted by Crippen LogP contribution is 2.24. The molecule has 0 aliphatic carbocycles. The monoisotopic (exact) mass is 335 g/mol. The van der Waals surface area contributed by atoms with Gasteiger partial charge in [0.2, 0.25) is 3.83 Å². The first-order chi connectivity index (χ1) is 7.56. The lowest BCUT2D eigenvalue weighted by atomic mass is 10.2. The van der Waals surface area contributed by atoms with Gasteiger partial charge in [0.25, 0.3) is 11.6 Å². The molecule has 0 aliphatic heterocycles. The number of hydrogen-bond acceptors (Lipinski definition) is 5. The molecule has 0 radical (unpaired) electrons. The van der Waals surface area contributed by atoms with Gasteiger partial charge in [-0.3, -0.25) is 10.1 Å². The van der Waals surface area contributed by atoms with Crippen molar-refractivity contribution in [3.63, 3.8) is 0 Å². The fraction of sp³-hybridized carbons (Fsp3) is 0. The molecule has 8 heteroatoms. The lowest BCUT2D eigenvalue weighted by molar-refractivity contribution is -0.385. The van der Waals surface area contributed by atoms with Crippen LogP contribution in [0.1, 0.15) is 0 Å². The van der Waals surface area contributed by atoms with Crippen LogP contribution in [0.15, 0.2) is 22.7 Å². The Bertz CT molecular complexity index is 557. The lowest BCUT2D eigenvalue weighted by Crippen LogP contribution is -1.90. The van der Waals surface area contributed by atoms with Crippen molar-refractivity contribution in [2.45, 2.75) is 0 Å². The number of non-ortho nitro benzene ring substituents is 1. The summed E-state index contributed by atoms with van der Waals surface area (Å²) in [5.74, 6) is -0.676. The highest BCUT2D eigenvalue weighted by Gasteiger charge is 2.14. The molecular weight excluding hydrogens is 332 g/mol. The van der Waals surface area contributed by atoms with Gasteiger partial charge in [-0.1, -0.05) is 5.16 Å². The maximum Gasteiger partial charge on any atom is 0.273 e. The zero-order valence-corrected chi connectivity index (χ0v) is 9.71. The molecule has 0 atom stereocenters. The smallest absolute Gasteiger partial charge is 0.273 e. The zero-order chi connectivity index (χ0) is 11.7. The number of nitrogens with zero attached hydrogens (tertiary/aromatic N) is 3. The SMILES string of the molecule is O=[N+]([O-])c1cc(F)cc(-c2nc(I)no2)c1. The quantitative estimate of drug-likeness (QED) is 0.478. The second-order valence-electron chi connectivity index (χ2n) is 2.82. The average Bonchev–Trinajstić information content (AvgIpc) is 2.64. The van der Waals surface area contributed by atoms with Gasteiger partial charge in [-0.15, -0.1) is 0 Å². The third-order valence-electron chi connectivity index (χ3n) is 1.74. The van der Waals surface area contributed by atoms with Crippen molar-refractivity contribution in [1.82, 2.24) is 10.1 Å². The van der Waals surface area contributed by atoms with Crippen molar-refractivity contribution in [1.29, 1.82) is 0 Å². The molecule has 16 heavy (non-hydrogen) atoms. The van der Waals surface area contributed by atoms with Crippen LogP contribution in [0.5, 0.6) is 0 Å². The predicted octanol–water partition coefficient (Wildman–Crippen LogP) is 2.39. The molecule has 0 fully saturated rings. The molecule has 2 aromatic rings. The van der Waals surface area contributed by atoms with Gasteiger partial charge >= 0.3 is 0 Å². The molecule has 0 saturated heterocycles. The summed E-state index contributed by atoms with van der Waals surface area (Å²) in [7, 11) is 0. The average molecular weight is 335 g/mol. The van der Waals surface area contributed by atoms with Crippen LogP contribution in [-0.2, 0) is 0 Å². The van der Waals surface area contributed by atoms with Crippen LogP contribution in [0.2, 0.25) is 0 Å². The lowest BCUT2D eigenvalue weighted by Gasteiger charge is -1.95. The number of halogens is 2. The van der Waals surface area contributed by atoms with E-state index in [1.807, 2.05) is 22.6 Å². The van der Waals surface area contributed by atoms with Crippen molar-refractivity contribution in [3.05, 3.63) is 38.0 Å². The largest absolute Gasteiger partial charge is 0.333 e. The molecule has 0 amide bonds. The van der Waals surface area contributed by atoms with Crippen LogP contribution in [0, 0.1) is 19.8 Å². The Balaban J connectivity index is 2.53. The van der Waals surface area contributed by atoms with Crippen molar-refractivity contribution >= 4 is 28.3 Å². The Morgan fingerprint density at radius 3 is 2.75 bits per heavy atom. The van der Waals surface area contributed by atoms with E-state index in [0.29, 0.717) is 3.83 Å². The van der Waals surface area contributed by atoms with Gasteiger partial charge in [0, 0.05) is 34.2 Å². The molecule has 0 saturated carbocycles. The fourth-order valence-corrected chi connectivity index (χ4v) is 1.44. The third-order valence-corrected chi connectivity index (χ3v) is 2.18. The minimum Gasteiger partial charge on any atom is -0.333 e. The Labute approximate surface area is 102 Å². The molecule has 6 nitrogen and oxygen atoms in total. The number of aromatic nitrogens is 2. The van der Waals surface area contributed by atoms with E-state index >= 15 is 0 Å². The van der Waals surface area contributed by atoms with E-state index in [2.05, 4.69) is 10.1 Å². The summed E-state index contributed by atoms with van der Waals surface area (Å²) in [4.78, 5) is 13.7. The molecule has 0 spiro atoms. The maximum absolute atomic E-state index is 13.1. The van der Waals surface area contributed by atoms with Gasteiger partial charge in [0.05, 0.1) is 11.0 Å². The summed E-state index contributed by atoms with van der Waals surface area (Å²) in [5, 5.41) is 14.0. The first-order valence-electron chi connectivity index (χ1n) is 4.01. The normalized spacial score (nSPS) is 10.4. The molecule has 1 aromatic heterocycles. The highest BCUT2D eigenvalue weighted by molar-refractivity contribution is 14.1. The predicted molar refractivity (Wildman–Crippen MR) is 59.1 cm³/mol. The third kappa shape index (κ3) is 2.15. The topological polar surface area (TPSA) is 82.1 Å². The van der Waals surface area contributed by atoms with Crippen LogP contribution in [0.4, 0.5) is 10.1 Å². The molecule has 2 rings (SSSR count). The first-order valence-corrected chi connectivity index (χ1v) is 5.09. The molecule has 1 aromatic carbocycles. The van der Waals surface area contributed by atoms with Crippen LogP contribution in [0.3, 0.4) is 0 Å². The van der Waals surface area contributed by atoms with E-state index in [1.165, 1.54) is 6.07 Å². The van der Waals surface area contributed by atoms with Gasteiger partial charge in [-0.2, -0.15) is 4.98 Å². The summed E-state index contributed by atoms with van der Waals surface area (Å²) in [6.45, 7) is 0. The Morgan fingerprint density at radius 1 is 1.44 bits per heavy atom. The van der Waals surface area contributed by atoms with Gasteiger partial charge in [0.1, 0.15) is 5.82 Å². The molecule has 0 unspecified atom stereocenters. The van der Waals surface area contributed by atoms with Gasteiger partial charge < -0.3 is 4.52 Å². The van der Waals surface area contributed by atoms with Gasteiger partial charge in [0.15, 0.2) is 0 Å². The van der Waals surface area contributed by atoms with Gasteiger partial charge in [-0.25, -0.2) is 4.39 Å². The number of hydrogen-bond donors (Lipinski definition) is 0. The fourth-order valence-electron chi connectivity index (χ4n) is 1.13. The van der Waals surface area contributed by atoms with E-state index in [4.69, 9.17) is 4.52 Å². The van der Waals surface area contributed by atoms with E-state index < -0.39 is 10.7 Å². The molecule has 0 aliphatic rings. The van der Waals surface area contributed by atoms with Crippen molar-refractivity contribution in [2.24, 2.45) is 0 Å². The molecule has 1 heterocycles. The summed E-state index contributed by atoms with van der Waals surface area (Å²) in [6, 6.07) is 3.09. The van der Waals surface area contributed by atoms with Crippen LogP contribution in [-0.4, -0.2) is 15.1 Å². The standard InChI is InChI=1S/C8H3FIN3O3/c9-5-1-4(2-6(3-5)13(14)15)7-11-8(10)12-16-7/h1-3H. The zero-order valence-electron chi connectivity index (χ0n) is 7.55. The van der Waals surface area contributed by atoms with Crippen LogP contribution >= 0.6 is 22.6 Å². The Hall–Kier alpha value is -1.58. The van der Waals surface area contributed by atoms with Crippen LogP contribution < -0.4 is 0 Å². The Morgan fingerprint density at radius 2 is 2.19 bits per heavy atom. The minimum absolute atomic E-state index is 0.0481. The summed E-state index contributed by atoms with van der Waals surface area (Å²) in [5.41, 5.74) is -0.176. The molecular formula is C8H3FIN3O3. The van der Waals surface area contributed by atoms with E-state index in [-0.39, 0.29) is 17.1 Å². The van der Waals surface area contributed by atoms with E-state index in [1.54, 1.807) is 0 Å². The molecule has 82 valence electrons. The number of nitro benzene ring substituents is 1. The summed E-state index contributed by atoms with van der Waals surface area (Å²) >= 11 is 1.81. The maximum atomic E-state index is 13.1. The first kappa shape index (κ1) is 10.9. The number of nitro groups is 1. The summed E-state index contributed by atoms with van der Waals surface area (Å²) in [6.07, 6.45) is 0. The van der Waals surface area contributed by atoms with Gasteiger partial charge in [-0.05, 0) is 6.07 Å². The van der Waals surface area contributed by atoms with Crippen molar-refractivity contribution in [3.8, 4) is 11.5 Å². The summed E-state index contributed by atoms with van der Waals surface area (Å²) < 4.78 is 18.2. The highest BCUT2D eigenvalue weighted by atomic mass is 127. The Kier molecular flexibility index (Phi) is 2.81. The van der Waals surface area contributed by atoms with E-state index in [9.17, 15) is 14.5 Å². The van der Waals surface area contributed by atoms with Crippen molar-refractivity contribution in [2.75, 3.05) is 0 Å². The minimum atomic E-state index is -0.725. The second kappa shape index (κ2) is 4.12. The van der Waals surface area contributed by atoms with Crippen molar-refractivity contribution < 1.29 is 13.8 Å². The molecule has 0 N–H and O–H groups in total.